The molecule has 13 aromatic rings. The summed E-state index contributed by atoms with van der Waals surface area (Å²) in [6, 6.07) is 87.5. The summed E-state index contributed by atoms with van der Waals surface area (Å²) in [7, 11) is 0. The normalized spacial score (nSPS) is 11.8. The van der Waals surface area contributed by atoms with E-state index >= 15 is 0 Å². The van der Waals surface area contributed by atoms with Crippen LogP contribution in [-0.2, 0) is 0 Å². The third-order valence-electron chi connectivity index (χ3n) is 13.3. The van der Waals surface area contributed by atoms with E-state index in [0.717, 1.165) is 5.69 Å². The molecule has 0 N–H and O–H groups in total. The first-order chi connectivity index (χ1) is 31.2. The maximum Gasteiger partial charge on any atom is 0.0541 e. The van der Waals surface area contributed by atoms with E-state index < -0.39 is 0 Å². The molecule has 0 unspecified atom stereocenters. The van der Waals surface area contributed by atoms with Gasteiger partial charge in [-0.25, -0.2) is 0 Å². The van der Waals surface area contributed by atoms with Crippen molar-refractivity contribution in [2.24, 2.45) is 0 Å². The SMILES string of the molecule is c1ccc(-n2c(-c3ccc4c(ccc5cc(-c6ccc7c(-c8ccc9ccccc9c8)c8ccccc8c(-c8ccc9ccccc9c8)c7c6)ccc54)c3)cc3ccccc32)cc1. The molecule has 0 aliphatic rings. The fraction of sp³-hybridized carbons (Fsp3) is 0. The van der Waals surface area contributed by atoms with Crippen LogP contribution in [0, 0.1) is 0 Å². The fourth-order valence-corrected chi connectivity index (χ4v) is 10.3. The molecule has 12 aromatic carbocycles. The third kappa shape index (κ3) is 5.78. The first-order valence-electron chi connectivity index (χ1n) is 21.8. The molecular weight excluding hydrogens is 759 g/mol. The van der Waals surface area contributed by atoms with Gasteiger partial charge >= 0.3 is 0 Å². The highest BCUT2D eigenvalue weighted by Gasteiger charge is 2.19. The lowest BCUT2D eigenvalue weighted by molar-refractivity contribution is 1.14. The number of para-hydroxylation sites is 2. The summed E-state index contributed by atoms with van der Waals surface area (Å²) in [5, 5.41) is 16.2. The smallest absolute Gasteiger partial charge is 0.0541 e. The van der Waals surface area contributed by atoms with E-state index in [4.69, 9.17) is 0 Å². The average Bonchev–Trinajstić information content (AvgIpc) is 3.75. The van der Waals surface area contributed by atoms with Crippen LogP contribution in [0.25, 0.3) is 126 Å². The van der Waals surface area contributed by atoms with Gasteiger partial charge in [0.05, 0.1) is 11.2 Å². The van der Waals surface area contributed by atoms with E-state index in [9.17, 15) is 0 Å². The molecule has 0 aliphatic carbocycles. The number of rotatable bonds is 5. The number of hydrogen-bond donors (Lipinski definition) is 0. The zero-order chi connectivity index (χ0) is 41.4. The number of nitrogens with zero attached hydrogens (tertiary/aromatic N) is 1. The third-order valence-corrected chi connectivity index (χ3v) is 13.3. The van der Waals surface area contributed by atoms with E-state index in [1.807, 2.05) is 0 Å². The van der Waals surface area contributed by atoms with Gasteiger partial charge in [-0.3, -0.25) is 0 Å². The number of fused-ring (bicyclic) bond motifs is 8. The van der Waals surface area contributed by atoms with Gasteiger partial charge in [0.2, 0.25) is 0 Å². The van der Waals surface area contributed by atoms with Crippen LogP contribution >= 0.6 is 0 Å². The minimum Gasteiger partial charge on any atom is -0.309 e. The van der Waals surface area contributed by atoms with Gasteiger partial charge in [0.15, 0.2) is 0 Å². The van der Waals surface area contributed by atoms with Gasteiger partial charge in [0.1, 0.15) is 0 Å². The second-order valence-corrected chi connectivity index (χ2v) is 16.9. The molecular formula is C62H39N. The Morgan fingerprint density at radius 2 is 0.651 bits per heavy atom. The van der Waals surface area contributed by atoms with Crippen molar-refractivity contribution >= 4 is 75.5 Å². The van der Waals surface area contributed by atoms with Gasteiger partial charge in [-0.2, -0.15) is 0 Å². The molecule has 0 aliphatic heterocycles. The zero-order valence-corrected chi connectivity index (χ0v) is 34.5. The van der Waals surface area contributed by atoms with Gasteiger partial charge in [-0.15, -0.1) is 0 Å². The Morgan fingerprint density at radius 3 is 1.30 bits per heavy atom. The van der Waals surface area contributed by atoms with Crippen LogP contribution in [-0.4, -0.2) is 4.57 Å². The van der Waals surface area contributed by atoms with Crippen molar-refractivity contribution in [1.29, 1.82) is 0 Å². The largest absolute Gasteiger partial charge is 0.309 e. The maximum atomic E-state index is 2.44. The Bertz CT molecular complexity index is 3960. The molecule has 0 atom stereocenters. The van der Waals surface area contributed by atoms with Gasteiger partial charge in [0.25, 0.3) is 0 Å². The Hall–Kier alpha value is -8.26. The molecule has 1 heterocycles. The van der Waals surface area contributed by atoms with Crippen LogP contribution in [0.15, 0.2) is 237 Å². The van der Waals surface area contributed by atoms with Crippen molar-refractivity contribution in [3.05, 3.63) is 237 Å². The highest BCUT2D eigenvalue weighted by Crippen LogP contribution is 2.46. The molecule has 0 saturated heterocycles. The highest BCUT2D eigenvalue weighted by atomic mass is 15.0. The molecule has 63 heavy (non-hydrogen) atoms. The zero-order valence-electron chi connectivity index (χ0n) is 34.5. The van der Waals surface area contributed by atoms with Crippen LogP contribution in [0.1, 0.15) is 0 Å². The van der Waals surface area contributed by atoms with Crippen molar-refractivity contribution < 1.29 is 0 Å². The molecule has 0 radical (unpaired) electrons. The Morgan fingerprint density at radius 1 is 0.222 bits per heavy atom. The van der Waals surface area contributed by atoms with Crippen molar-refractivity contribution in [1.82, 2.24) is 4.57 Å². The average molecular weight is 798 g/mol. The van der Waals surface area contributed by atoms with Gasteiger partial charge in [-0.05, 0) is 158 Å². The molecule has 13 rings (SSSR count). The second kappa shape index (κ2) is 14.2. The molecule has 0 saturated carbocycles. The number of benzene rings is 12. The van der Waals surface area contributed by atoms with E-state index in [1.54, 1.807) is 0 Å². The van der Waals surface area contributed by atoms with Crippen LogP contribution in [0.2, 0.25) is 0 Å². The molecule has 0 bridgehead atoms. The minimum absolute atomic E-state index is 1.16. The second-order valence-electron chi connectivity index (χ2n) is 16.9. The lowest BCUT2D eigenvalue weighted by atomic mass is 9.84. The summed E-state index contributed by atoms with van der Waals surface area (Å²) in [5.41, 5.74) is 12.2. The standard InChI is InChI=1S/C62H39N/c1-2-17-52(18-3-1)63-59-21-11-8-16-48(59)39-60(63)49-30-32-54-47(37-49)25-24-46-34-44(28-31-53(46)54)45-29-33-57-58(38-45)62(51-27-23-41-13-5-7-15-43(41)36-51)56-20-10-9-19-55(56)61(57)50-26-22-40-12-4-6-14-42(40)35-50/h1-39H. The summed E-state index contributed by atoms with van der Waals surface area (Å²) < 4.78 is 2.38. The fourth-order valence-electron chi connectivity index (χ4n) is 10.3. The number of aromatic nitrogens is 1. The first-order valence-corrected chi connectivity index (χ1v) is 21.8. The van der Waals surface area contributed by atoms with Crippen molar-refractivity contribution in [2.45, 2.75) is 0 Å². The Kier molecular flexibility index (Phi) is 7.98. The topological polar surface area (TPSA) is 4.93 Å². The summed E-state index contributed by atoms with van der Waals surface area (Å²) in [5.74, 6) is 0. The first kappa shape index (κ1) is 35.5. The van der Waals surface area contributed by atoms with Crippen LogP contribution in [0.4, 0.5) is 0 Å². The van der Waals surface area contributed by atoms with Gasteiger partial charge < -0.3 is 4.57 Å². The van der Waals surface area contributed by atoms with Gasteiger partial charge in [0, 0.05) is 11.1 Å². The summed E-state index contributed by atoms with van der Waals surface area (Å²) in [6.45, 7) is 0. The molecule has 0 fully saturated rings. The minimum atomic E-state index is 1.16. The Balaban J connectivity index is 0.980. The van der Waals surface area contributed by atoms with Crippen molar-refractivity contribution in [3.63, 3.8) is 0 Å². The lowest BCUT2D eigenvalue weighted by Gasteiger charge is -2.19. The van der Waals surface area contributed by atoms with Crippen LogP contribution < -0.4 is 0 Å². The number of hydrogen-bond acceptors (Lipinski definition) is 0. The molecule has 292 valence electrons. The summed E-state index contributed by atoms with van der Waals surface area (Å²) in [4.78, 5) is 0. The quantitative estimate of drug-likeness (QED) is 0.121. The predicted molar refractivity (Wildman–Crippen MR) is 270 cm³/mol. The molecule has 0 amide bonds. The van der Waals surface area contributed by atoms with Crippen molar-refractivity contribution in [3.8, 4) is 50.3 Å². The van der Waals surface area contributed by atoms with E-state index in [1.165, 1.54) is 120 Å². The van der Waals surface area contributed by atoms with Crippen LogP contribution in [0.5, 0.6) is 0 Å². The van der Waals surface area contributed by atoms with Crippen LogP contribution in [0.3, 0.4) is 0 Å². The predicted octanol–water partition coefficient (Wildman–Crippen LogP) is 17.2. The van der Waals surface area contributed by atoms with E-state index in [0.29, 0.717) is 0 Å². The maximum absolute atomic E-state index is 2.44. The molecule has 1 aromatic heterocycles. The van der Waals surface area contributed by atoms with E-state index in [-0.39, 0.29) is 0 Å². The molecule has 0 spiro atoms. The Labute approximate surface area is 365 Å². The summed E-state index contributed by atoms with van der Waals surface area (Å²) >= 11 is 0. The summed E-state index contributed by atoms with van der Waals surface area (Å²) in [6.07, 6.45) is 0. The molecule has 1 nitrogen and oxygen atoms in total. The van der Waals surface area contributed by atoms with Crippen molar-refractivity contribution in [2.75, 3.05) is 0 Å². The molecule has 1 heteroatoms. The van der Waals surface area contributed by atoms with Gasteiger partial charge in [-0.1, -0.05) is 182 Å². The monoisotopic (exact) mass is 797 g/mol. The lowest BCUT2D eigenvalue weighted by Crippen LogP contribution is -1.96. The highest BCUT2D eigenvalue weighted by molar-refractivity contribution is 6.23. The van der Waals surface area contributed by atoms with E-state index in [2.05, 4.69) is 241 Å².